The quantitative estimate of drug-likeness (QED) is 0.806. The molecular formula is C16H16F2O2S. The van der Waals surface area contributed by atoms with Crippen molar-refractivity contribution >= 4 is 9.84 Å². The molecule has 0 unspecified atom stereocenters. The maximum Gasteiger partial charge on any atom is 0.350 e. The Balaban J connectivity index is 2.04. The third kappa shape index (κ3) is 3.67. The van der Waals surface area contributed by atoms with E-state index < -0.39 is 21.5 Å². The highest BCUT2D eigenvalue weighted by atomic mass is 32.2. The van der Waals surface area contributed by atoms with Crippen molar-refractivity contribution in [3.05, 3.63) is 66.2 Å². The first-order chi connectivity index (χ1) is 9.93. The molecule has 0 aliphatic heterocycles. The Morgan fingerprint density at radius 3 is 1.95 bits per heavy atom. The van der Waals surface area contributed by atoms with Crippen molar-refractivity contribution in [2.24, 2.45) is 0 Å². The molecule has 0 atom stereocenters. The molecule has 0 radical (unpaired) electrons. The maximum absolute atomic E-state index is 14.0. The lowest BCUT2D eigenvalue weighted by atomic mass is 10.1. The summed E-state index contributed by atoms with van der Waals surface area (Å²) in [6, 6.07) is 16.0. The van der Waals surface area contributed by atoms with Crippen molar-refractivity contribution in [1.82, 2.24) is 0 Å². The minimum absolute atomic E-state index is 0.114. The van der Waals surface area contributed by atoms with Crippen molar-refractivity contribution in [1.29, 1.82) is 0 Å². The molecule has 2 rings (SSSR count). The monoisotopic (exact) mass is 310 g/mol. The average Bonchev–Trinajstić information content (AvgIpc) is 2.49. The predicted molar refractivity (Wildman–Crippen MR) is 78.0 cm³/mol. The van der Waals surface area contributed by atoms with Crippen molar-refractivity contribution < 1.29 is 17.2 Å². The van der Waals surface area contributed by atoms with E-state index in [4.69, 9.17) is 0 Å². The Hall–Kier alpha value is -1.75. The summed E-state index contributed by atoms with van der Waals surface area (Å²) in [6.07, 6.45) is -0.136. The minimum Gasteiger partial charge on any atom is -0.217 e. The average molecular weight is 310 g/mol. The number of halogens is 2. The number of hydrogen-bond donors (Lipinski definition) is 0. The van der Waals surface area contributed by atoms with Gasteiger partial charge in [0.25, 0.3) is 0 Å². The third-order valence-electron chi connectivity index (χ3n) is 3.22. The summed E-state index contributed by atoms with van der Waals surface area (Å²) in [6.45, 7) is 0. The van der Waals surface area contributed by atoms with Gasteiger partial charge in [-0.3, -0.25) is 0 Å². The number of aryl methyl sites for hydroxylation is 1. The zero-order valence-electron chi connectivity index (χ0n) is 11.4. The smallest absolute Gasteiger partial charge is 0.217 e. The van der Waals surface area contributed by atoms with E-state index in [2.05, 4.69) is 0 Å². The number of benzene rings is 2. The standard InChI is InChI=1S/C16H16F2O2S/c17-16(18,13-7-10-14-8-3-1-4-9-14)21(19,20)15-11-5-2-6-12-15/h1-6,8-9,11-12H,7,10,13H2. The molecule has 0 heterocycles. The summed E-state index contributed by atoms with van der Waals surface area (Å²) in [7, 11) is -4.63. The highest BCUT2D eigenvalue weighted by molar-refractivity contribution is 7.92. The molecule has 5 heteroatoms. The second-order valence-corrected chi connectivity index (χ2v) is 6.87. The van der Waals surface area contributed by atoms with E-state index in [0.29, 0.717) is 6.42 Å². The molecule has 2 aromatic rings. The molecule has 21 heavy (non-hydrogen) atoms. The summed E-state index contributed by atoms with van der Waals surface area (Å²) in [5, 5.41) is -3.75. The summed E-state index contributed by atoms with van der Waals surface area (Å²) >= 11 is 0. The second-order valence-electron chi connectivity index (χ2n) is 4.79. The second kappa shape index (κ2) is 6.35. The zero-order chi connectivity index (χ0) is 15.3. The van der Waals surface area contributed by atoms with Crippen LogP contribution in [-0.4, -0.2) is 13.7 Å². The number of alkyl halides is 2. The molecule has 0 saturated heterocycles. The zero-order valence-corrected chi connectivity index (χ0v) is 12.2. The maximum atomic E-state index is 14.0. The van der Waals surface area contributed by atoms with E-state index in [0.717, 1.165) is 5.56 Å². The van der Waals surface area contributed by atoms with Gasteiger partial charge in [0.1, 0.15) is 0 Å². The molecule has 0 aliphatic rings. The van der Waals surface area contributed by atoms with Crippen LogP contribution >= 0.6 is 0 Å². The van der Waals surface area contributed by atoms with Crippen LogP contribution in [0.2, 0.25) is 0 Å². The topological polar surface area (TPSA) is 34.1 Å². The van der Waals surface area contributed by atoms with Gasteiger partial charge in [-0.1, -0.05) is 48.5 Å². The molecule has 0 aliphatic carbocycles. The normalized spacial score (nSPS) is 12.3. The Morgan fingerprint density at radius 1 is 0.857 bits per heavy atom. The van der Waals surface area contributed by atoms with E-state index >= 15 is 0 Å². The molecular weight excluding hydrogens is 294 g/mol. The van der Waals surface area contributed by atoms with E-state index in [-0.39, 0.29) is 11.3 Å². The van der Waals surface area contributed by atoms with Crippen molar-refractivity contribution in [2.45, 2.75) is 29.4 Å². The SMILES string of the molecule is O=S(=O)(c1ccccc1)C(F)(F)CCCc1ccccc1. The predicted octanol–water partition coefficient (Wildman–Crippen LogP) is 4.08. The largest absolute Gasteiger partial charge is 0.350 e. The fraction of sp³-hybridized carbons (Fsp3) is 0.250. The van der Waals surface area contributed by atoms with Crippen LogP contribution < -0.4 is 0 Å². The fourth-order valence-corrected chi connectivity index (χ4v) is 3.32. The van der Waals surface area contributed by atoms with Crippen LogP contribution in [0.4, 0.5) is 8.78 Å². The lowest BCUT2D eigenvalue weighted by Crippen LogP contribution is -2.29. The fourth-order valence-electron chi connectivity index (χ4n) is 2.05. The van der Waals surface area contributed by atoms with Crippen molar-refractivity contribution in [2.75, 3.05) is 0 Å². The van der Waals surface area contributed by atoms with Gasteiger partial charge in [0.2, 0.25) is 9.84 Å². The first kappa shape index (κ1) is 15.6. The van der Waals surface area contributed by atoms with Crippen LogP contribution in [0.5, 0.6) is 0 Å². The van der Waals surface area contributed by atoms with E-state index in [1.54, 1.807) is 6.07 Å². The van der Waals surface area contributed by atoms with Crippen LogP contribution in [0.25, 0.3) is 0 Å². The van der Waals surface area contributed by atoms with E-state index in [9.17, 15) is 17.2 Å². The molecule has 0 aromatic heterocycles. The van der Waals surface area contributed by atoms with Gasteiger partial charge in [-0.25, -0.2) is 8.42 Å². The molecule has 0 N–H and O–H groups in total. The Bertz CT molecular complexity index is 668. The minimum atomic E-state index is -4.63. The van der Waals surface area contributed by atoms with Gasteiger partial charge in [-0.15, -0.1) is 0 Å². The first-order valence-corrected chi connectivity index (χ1v) is 8.13. The molecule has 2 nitrogen and oxygen atoms in total. The van der Waals surface area contributed by atoms with Crippen LogP contribution in [0.1, 0.15) is 18.4 Å². The molecule has 0 amide bonds. The summed E-state index contributed by atoms with van der Waals surface area (Å²) in [4.78, 5) is -0.338. The summed E-state index contributed by atoms with van der Waals surface area (Å²) in [5.41, 5.74) is 0.922. The Labute approximate surface area is 123 Å². The van der Waals surface area contributed by atoms with Gasteiger partial charge in [-0.05, 0) is 30.5 Å². The number of rotatable bonds is 6. The van der Waals surface area contributed by atoms with Gasteiger partial charge >= 0.3 is 5.25 Å². The van der Waals surface area contributed by atoms with Gasteiger partial charge < -0.3 is 0 Å². The van der Waals surface area contributed by atoms with Gasteiger partial charge in [0.15, 0.2) is 0 Å². The van der Waals surface area contributed by atoms with Crippen LogP contribution in [-0.2, 0) is 16.3 Å². The summed E-state index contributed by atoms with van der Waals surface area (Å²) in [5.74, 6) is 0. The Kier molecular flexibility index (Phi) is 4.73. The molecule has 0 spiro atoms. The highest BCUT2D eigenvalue weighted by Crippen LogP contribution is 2.33. The first-order valence-electron chi connectivity index (χ1n) is 6.65. The van der Waals surface area contributed by atoms with Gasteiger partial charge in [-0.2, -0.15) is 8.78 Å². The molecule has 2 aromatic carbocycles. The summed E-state index contributed by atoms with van der Waals surface area (Å²) < 4.78 is 51.9. The lowest BCUT2D eigenvalue weighted by Gasteiger charge is -2.17. The lowest BCUT2D eigenvalue weighted by molar-refractivity contribution is 0.0798. The van der Waals surface area contributed by atoms with Crippen LogP contribution in [0.3, 0.4) is 0 Å². The van der Waals surface area contributed by atoms with Crippen molar-refractivity contribution in [3.8, 4) is 0 Å². The van der Waals surface area contributed by atoms with Crippen LogP contribution in [0.15, 0.2) is 65.6 Å². The van der Waals surface area contributed by atoms with Crippen LogP contribution in [0, 0.1) is 0 Å². The van der Waals surface area contributed by atoms with E-state index in [1.807, 2.05) is 30.3 Å². The molecule has 0 fully saturated rings. The van der Waals surface area contributed by atoms with E-state index in [1.165, 1.54) is 24.3 Å². The number of sulfone groups is 1. The number of hydrogen-bond acceptors (Lipinski definition) is 2. The highest BCUT2D eigenvalue weighted by Gasteiger charge is 2.45. The van der Waals surface area contributed by atoms with Crippen molar-refractivity contribution in [3.63, 3.8) is 0 Å². The third-order valence-corrected chi connectivity index (χ3v) is 5.11. The van der Waals surface area contributed by atoms with Gasteiger partial charge in [0.05, 0.1) is 4.90 Å². The molecule has 0 saturated carbocycles. The van der Waals surface area contributed by atoms with Gasteiger partial charge in [0, 0.05) is 6.42 Å². The molecule has 0 bridgehead atoms. The Morgan fingerprint density at radius 2 is 1.38 bits per heavy atom. The molecule has 112 valence electrons.